The highest BCUT2D eigenvalue weighted by Gasteiger charge is 2.04. The van der Waals surface area contributed by atoms with Crippen molar-refractivity contribution in [1.29, 1.82) is 0 Å². The van der Waals surface area contributed by atoms with E-state index >= 15 is 0 Å². The van der Waals surface area contributed by atoms with Crippen molar-refractivity contribution in [2.45, 2.75) is 33.1 Å². The summed E-state index contributed by atoms with van der Waals surface area (Å²) < 4.78 is 6.01. The fourth-order valence-corrected chi connectivity index (χ4v) is 3.04. The van der Waals surface area contributed by atoms with E-state index in [-0.39, 0.29) is 5.97 Å². The molecular formula is C13H17BrO2S. The van der Waals surface area contributed by atoms with E-state index < -0.39 is 0 Å². The highest BCUT2D eigenvalue weighted by atomic mass is 79.9. The molecule has 0 radical (unpaired) electrons. The van der Waals surface area contributed by atoms with Crippen LogP contribution in [0.3, 0.4) is 0 Å². The second kappa shape index (κ2) is 7.67. The number of thiophene rings is 1. The van der Waals surface area contributed by atoms with Crippen LogP contribution in [0.25, 0.3) is 5.57 Å². The molecule has 0 saturated carbocycles. The lowest BCUT2D eigenvalue weighted by molar-refractivity contribution is -0.142. The zero-order valence-corrected chi connectivity index (χ0v) is 12.6. The van der Waals surface area contributed by atoms with Gasteiger partial charge in [0.15, 0.2) is 0 Å². The minimum absolute atomic E-state index is 0.119. The van der Waals surface area contributed by atoms with Gasteiger partial charge in [0.2, 0.25) is 0 Å². The number of ether oxygens (including phenoxy) is 1. The van der Waals surface area contributed by atoms with E-state index in [1.807, 2.05) is 6.92 Å². The average Bonchev–Trinajstić information content (AvgIpc) is 2.71. The van der Waals surface area contributed by atoms with Gasteiger partial charge < -0.3 is 4.74 Å². The van der Waals surface area contributed by atoms with E-state index in [4.69, 9.17) is 4.74 Å². The summed E-state index contributed by atoms with van der Waals surface area (Å²) in [6.07, 6.45) is 4.33. The van der Waals surface area contributed by atoms with Crippen molar-refractivity contribution in [2.75, 3.05) is 6.61 Å². The molecule has 1 rings (SSSR count). The topological polar surface area (TPSA) is 26.3 Å². The van der Waals surface area contributed by atoms with Gasteiger partial charge in [0.1, 0.15) is 0 Å². The summed E-state index contributed by atoms with van der Waals surface area (Å²) in [6, 6.07) is 2.12. The maximum atomic E-state index is 11.2. The van der Waals surface area contributed by atoms with Crippen molar-refractivity contribution in [2.24, 2.45) is 0 Å². The number of hydrogen-bond donors (Lipinski definition) is 0. The number of hydrogen-bond acceptors (Lipinski definition) is 3. The smallest absolute Gasteiger partial charge is 0.306 e. The van der Waals surface area contributed by atoms with Gasteiger partial charge in [0.25, 0.3) is 0 Å². The number of halogens is 1. The number of rotatable bonds is 6. The zero-order chi connectivity index (χ0) is 12.7. The quantitative estimate of drug-likeness (QED) is 0.714. The Balaban J connectivity index is 2.53. The molecule has 0 saturated heterocycles. The molecule has 0 spiro atoms. The van der Waals surface area contributed by atoms with Gasteiger partial charge in [-0.3, -0.25) is 4.79 Å². The summed E-state index contributed by atoms with van der Waals surface area (Å²) in [5.41, 5.74) is 1.30. The Morgan fingerprint density at radius 3 is 2.82 bits per heavy atom. The summed E-state index contributed by atoms with van der Waals surface area (Å²) in [5.74, 6) is -0.119. The largest absolute Gasteiger partial charge is 0.466 e. The maximum Gasteiger partial charge on any atom is 0.306 e. The van der Waals surface area contributed by atoms with E-state index in [9.17, 15) is 4.79 Å². The molecule has 1 aromatic rings. The molecule has 1 heterocycles. The molecule has 0 N–H and O–H groups in total. The SMILES string of the molecule is CCOC(=O)CC/C=C(\CC)c1cc(Br)cs1. The predicted molar refractivity (Wildman–Crippen MR) is 76.2 cm³/mol. The van der Waals surface area contributed by atoms with Gasteiger partial charge in [-0.25, -0.2) is 0 Å². The number of allylic oxidation sites excluding steroid dienone is 2. The summed E-state index contributed by atoms with van der Waals surface area (Å²) in [4.78, 5) is 12.5. The molecule has 4 heteroatoms. The van der Waals surface area contributed by atoms with Crippen LogP contribution in [0.5, 0.6) is 0 Å². The van der Waals surface area contributed by atoms with Gasteiger partial charge in [-0.15, -0.1) is 11.3 Å². The van der Waals surface area contributed by atoms with Gasteiger partial charge in [0, 0.05) is 21.2 Å². The van der Waals surface area contributed by atoms with Gasteiger partial charge in [-0.2, -0.15) is 0 Å². The van der Waals surface area contributed by atoms with E-state index in [1.165, 1.54) is 10.5 Å². The van der Waals surface area contributed by atoms with Gasteiger partial charge in [0.05, 0.1) is 6.61 Å². The first-order valence-electron chi connectivity index (χ1n) is 5.76. The van der Waals surface area contributed by atoms with Crippen molar-refractivity contribution in [1.82, 2.24) is 0 Å². The Morgan fingerprint density at radius 1 is 1.53 bits per heavy atom. The van der Waals surface area contributed by atoms with E-state index in [1.54, 1.807) is 11.3 Å². The van der Waals surface area contributed by atoms with Crippen LogP contribution >= 0.6 is 27.3 Å². The maximum absolute atomic E-state index is 11.2. The summed E-state index contributed by atoms with van der Waals surface area (Å²) in [7, 11) is 0. The summed E-state index contributed by atoms with van der Waals surface area (Å²) in [5, 5.41) is 2.07. The molecule has 0 unspecified atom stereocenters. The summed E-state index contributed by atoms with van der Waals surface area (Å²) in [6.45, 7) is 4.42. The van der Waals surface area contributed by atoms with Crippen LogP contribution in [0.4, 0.5) is 0 Å². The predicted octanol–water partition coefficient (Wildman–Crippen LogP) is 4.65. The van der Waals surface area contributed by atoms with Crippen LogP contribution in [0, 0.1) is 0 Å². The van der Waals surface area contributed by atoms with Crippen molar-refractivity contribution in [3.05, 3.63) is 26.9 Å². The Hall–Kier alpha value is -0.610. The van der Waals surface area contributed by atoms with E-state index in [2.05, 4.69) is 40.4 Å². The Kier molecular flexibility index (Phi) is 6.52. The lowest BCUT2D eigenvalue weighted by atomic mass is 10.1. The van der Waals surface area contributed by atoms with Crippen LogP contribution in [-0.4, -0.2) is 12.6 Å². The fourth-order valence-electron chi connectivity index (χ4n) is 1.50. The molecule has 0 aromatic carbocycles. The number of carbonyl (C=O) groups excluding carboxylic acids is 1. The Morgan fingerprint density at radius 2 is 2.29 bits per heavy atom. The standard InChI is InChI=1S/C13H17BrO2S/c1-3-10(12-8-11(14)9-17-12)6-5-7-13(15)16-4-2/h6,8-9H,3-5,7H2,1-2H3/b10-6+. The number of esters is 1. The van der Waals surface area contributed by atoms with Crippen LogP contribution in [-0.2, 0) is 9.53 Å². The van der Waals surface area contributed by atoms with Crippen molar-refractivity contribution in [3.8, 4) is 0 Å². The van der Waals surface area contributed by atoms with E-state index in [0.717, 1.165) is 17.3 Å². The zero-order valence-electron chi connectivity index (χ0n) is 10.2. The second-order valence-electron chi connectivity index (χ2n) is 3.56. The second-order valence-corrected chi connectivity index (χ2v) is 5.38. The lowest BCUT2D eigenvalue weighted by Gasteiger charge is -2.02. The van der Waals surface area contributed by atoms with Crippen LogP contribution in [0.2, 0.25) is 0 Å². The molecule has 0 aliphatic carbocycles. The lowest BCUT2D eigenvalue weighted by Crippen LogP contribution is -2.02. The molecule has 1 aromatic heterocycles. The molecule has 17 heavy (non-hydrogen) atoms. The highest BCUT2D eigenvalue weighted by molar-refractivity contribution is 9.10. The van der Waals surface area contributed by atoms with Crippen molar-refractivity contribution in [3.63, 3.8) is 0 Å². The third kappa shape index (κ3) is 5.04. The first kappa shape index (κ1) is 14.5. The monoisotopic (exact) mass is 316 g/mol. The van der Waals surface area contributed by atoms with Crippen LogP contribution in [0.1, 0.15) is 38.0 Å². The first-order chi connectivity index (χ1) is 8.17. The van der Waals surface area contributed by atoms with Gasteiger partial charge in [-0.05, 0) is 47.3 Å². The molecule has 0 fully saturated rings. The fraction of sp³-hybridized carbons (Fsp3) is 0.462. The van der Waals surface area contributed by atoms with E-state index in [0.29, 0.717) is 13.0 Å². The molecule has 0 bridgehead atoms. The normalized spacial score (nSPS) is 11.6. The first-order valence-corrected chi connectivity index (χ1v) is 7.43. The minimum atomic E-state index is -0.119. The molecule has 0 aliphatic heterocycles. The Bertz CT molecular complexity index is 396. The summed E-state index contributed by atoms with van der Waals surface area (Å²) >= 11 is 5.17. The third-order valence-electron chi connectivity index (χ3n) is 2.31. The van der Waals surface area contributed by atoms with Gasteiger partial charge >= 0.3 is 5.97 Å². The Labute approximate surface area is 115 Å². The molecular weight excluding hydrogens is 300 g/mol. The average molecular weight is 317 g/mol. The van der Waals surface area contributed by atoms with Crippen LogP contribution in [0.15, 0.2) is 22.0 Å². The van der Waals surface area contributed by atoms with Crippen LogP contribution < -0.4 is 0 Å². The van der Waals surface area contributed by atoms with Crippen molar-refractivity contribution < 1.29 is 9.53 Å². The van der Waals surface area contributed by atoms with Gasteiger partial charge in [-0.1, -0.05) is 13.0 Å². The van der Waals surface area contributed by atoms with Crippen molar-refractivity contribution >= 4 is 38.8 Å². The molecule has 0 atom stereocenters. The molecule has 0 amide bonds. The number of carbonyl (C=O) groups is 1. The highest BCUT2D eigenvalue weighted by Crippen LogP contribution is 2.28. The molecule has 94 valence electrons. The minimum Gasteiger partial charge on any atom is -0.466 e. The molecule has 2 nitrogen and oxygen atoms in total. The third-order valence-corrected chi connectivity index (χ3v) is 4.08. The molecule has 0 aliphatic rings.